The summed E-state index contributed by atoms with van der Waals surface area (Å²) in [5, 5.41) is 1.30. The van der Waals surface area contributed by atoms with Crippen molar-refractivity contribution in [2.24, 2.45) is 7.05 Å². The predicted octanol–water partition coefficient (Wildman–Crippen LogP) is 7.54. The summed E-state index contributed by atoms with van der Waals surface area (Å²) < 4.78 is 2.15. The Bertz CT molecular complexity index is 557. The van der Waals surface area contributed by atoms with Gasteiger partial charge in [0.1, 0.15) is 0 Å². The fraction of sp³-hybridized carbons (Fsp3) is 0.455. The molecule has 0 amide bonds. The number of fused-ring (bicyclic) bond motifs is 1. The maximum absolute atomic E-state index is 3.69. The quantitative estimate of drug-likeness (QED) is 0.515. The summed E-state index contributed by atoms with van der Waals surface area (Å²) in [6.07, 6.45) is 10.6. The fourth-order valence-corrected chi connectivity index (χ4v) is 1.84. The van der Waals surface area contributed by atoms with Gasteiger partial charge in [0.15, 0.2) is 0 Å². The van der Waals surface area contributed by atoms with Crippen molar-refractivity contribution in [2.45, 2.75) is 61.3 Å². The molecule has 0 aliphatic carbocycles. The van der Waals surface area contributed by atoms with Gasteiger partial charge < -0.3 is 4.57 Å². The highest BCUT2D eigenvalue weighted by molar-refractivity contribution is 5.90. The molecule has 0 N–H and O–H groups in total. The standard InChI is InChI=1S/C14H15N.C4H10.2C2H6/c1-4-5-6-12-10-15(3)14-8-7-11(2)9-13(12)14;1-3-4-2;2*1-2/h4-10H,1H2,2-3H3;3-4H2,1-2H3;2*1-2H3/b6-5-;;;. The van der Waals surface area contributed by atoms with Gasteiger partial charge >= 0.3 is 0 Å². The van der Waals surface area contributed by atoms with Crippen molar-refractivity contribution in [2.75, 3.05) is 0 Å². The molecular weight excluding hydrogens is 278 g/mol. The van der Waals surface area contributed by atoms with Crippen LogP contribution in [0, 0.1) is 6.92 Å². The van der Waals surface area contributed by atoms with E-state index in [4.69, 9.17) is 0 Å². The van der Waals surface area contributed by atoms with Crippen molar-refractivity contribution in [1.82, 2.24) is 4.57 Å². The highest BCUT2D eigenvalue weighted by Gasteiger charge is 2.03. The Hall–Kier alpha value is -1.76. The molecule has 1 nitrogen and oxygen atoms in total. The zero-order chi connectivity index (χ0) is 18.3. The second-order valence-corrected chi connectivity index (χ2v) is 4.81. The van der Waals surface area contributed by atoms with E-state index in [1.54, 1.807) is 6.08 Å². The molecule has 0 atom stereocenters. The van der Waals surface area contributed by atoms with Gasteiger partial charge in [-0.15, -0.1) is 0 Å². The Labute approximate surface area is 144 Å². The third kappa shape index (κ3) is 8.44. The largest absolute Gasteiger partial charge is 0.350 e. The van der Waals surface area contributed by atoms with Gasteiger partial charge in [-0.3, -0.25) is 0 Å². The second kappa shape index (κ2) is 15.1. The molecule has 1 aromatic heterocycles. The van der Waals surface area contributed by atoms with Crippen LogP contribution in [0.15, 0.2) is 43.1 Å². The van der Waals surface area contributed by atoms with Crippen LogP contribution in [0.25, 0.3) is 17.0 Å². The number of hydrogen-bond donors (Lipinski definition) is 0. The van der Waals surface area contributed by atoms with E-state index in [-0.39, 0.29) is 0 Å². The first kappa shape index (κ1) is 23.5. The lowest BCUT2D eigenvalue weighted by molar-refractivity contribution is 0.886. The minimum absolute atomic E-state index is 1.25. The first-order chi connectivity index (χ1) is 11.1. The van der Waals surface area contributed by atoms with Gasteiger partial charge in [-0.2, -0.15) is 0 Å². The number of benzene rings is 1. The number of aryl methyl sites for hydroxylation is 2. The summed E-state index contributed by atoms with van der Waals surface area (Å²) in [6.45, 7) is 18.2. The minimum Gasteiger partial charge on any atom is -0.350 e. The number of allylic oxidation sites excluding steroid dienone is 2. The maximum atomic E-state index is 3.69. The molecule has 1 heterocycles. The van der Waals surface area contributed by atoms with Crippen molar-refractivity contribution in [3.8, 4) is 0 Å². The molecule has 0 bridgehead atoms. The van der Waals surface area contributed by atoms with Crippen molar-refractivity contribution in [3.63, 3.8) is 0 Å². The normalized spacial score (nSPS) is 9.22. The van der Waals surface area contributed by atoms with Gasteiger partial charge in [-0.05, 0) is 24.6 Å². The van der Waals surface area contributed by atoms with E-state index in [0.29, 0.717) is 0 Å². The third-order valence-corrected chi connectivity index (χ3v) is 3.09. The monoisotopic (exact) mass is 315 g/mol. The van der Waals surface area contributed by atoms with Crippen molar-refractivity contribution < 1.29 is 0 Å². The third-order valence-electron chi connectivity index (χ3n) is 3.09. The second-order valence-electron chi connectivity index (χ2n) is 4.81. The first-order valence-electron chi connectivity index (χ1n) is 8.98. The van der Waals surface area contributed by atoms with E-state index in [1.807, 2.05) is 33.8 Å². The molecule has 0 aliphatic rings. The molecule has 0 saturated heterocycles. The molecule has 0 spiro atoms. The van der Waals surface area contributed by atoms with Crippen LogP contribution in [0.1, 0.15) is 65.5 Å². The van der Waals surface area contributed by atoms with E-state index >= 15 is 0 Å². The van der Waals surface area contributed by atoms with Crippen LogP contribution in [0.2, 0.25) is 0 Å². The zero-order valence-electron chi connectivity index (χ0n) is 16.6. The van der Waals surface area contributed by atoms with Gasteiger partial charge in [-0.25, -0.2) is 0 Å². The molecule has 0 saturated carbocycles. The predicted molar refractivity (Wildman–Crippen MR) is 110 cm³/mol. The van der Waals surface area contributed by atoms with E-state index in [1.165, 1.54) is 34.9 Å². The minimum atomic E-state index is 1.25. The van der Waals surface area contributed by atoms with Crippen LogP contribution in [0.4, 0.5) is 0 Å². The van der Waals surface area contributed by atoms with E-state index in [9.17, 15) is 0 Å². The molecule has 0 unspecified atom stereocenters. The van der Waals surface area contributed by atoms with Crippen molar-refractivity contribution in [1.29, 1.82) is 0 Å². The summed E-state index contributed by atoms with van der Waals surface area (Å²) in [4.78, 5) is 0. The average Bonchev–Trinajstić information content (AvgIpc) is 2.92. The van der Waals surface area contributed by atoms with Gasteiger partial charge in [0.2, 0.25) is 0 Å². The smallest absolute Gasteiger partial charge is 0.0484 e. The zero-order valence-corrected chi connectivity index (χ0v) is 16.6. The summed E-state index contributed by atoms with van der Waals surface area (Å²) in [7, 11) is 2.07. The number of rotatable bonds is 3. The summed E-state index contributed by atoms with van der Waals surface area (Å²) in [5.74, 6) is 0. The molecule has 2 aromatic rings. The number of hydrogen-bond acceptors (Lipinski definition) is 0. The Morgan fingerprint density at radius 3 is 2.09 bits per heavy atom. The average molecular weight is 316 g/mol. The molecule has 2 rings (SSSR count). The molecule has 0 radical (unpaired) electrons. The van der Waals surface area contributed by atoms with Crippen LogP contribution in [0.5, 0.6) is 0 Å². The topological polar surface area (TPSA) is 4.93 Å². The molecule has 0 fully saturated rings. The molecule has 1 aromatic carbocycles. The molecule has 1 heteroatoms. The van der Waals surface area contributed by atoms with Crippen LogP contribution in [-0.4, -0.2) is 4.57 Å². The Kier molecular flexibility index (Phi) is 15.5. The SMILES string of the molecule is C=C/C=C\c1cn(C)c2ccc(C)cc12.CC.CC.CCCC. The molecule has 0 aliphatic heterocycles. The lowest BCUT2D eigenvalue weighted by Gasteiger charge is -1.96. The van der Waals surface area contributed by atoms with Gasteiger partial charge in [0.25, 0.3) is 0 Å². The molecule has 23 heavy (non-hydrogen) atoms. The summed E-state index contributed by atoms with van der Waals surface area (Å²) in [6, 6.07) is 6.53. The van der Waals surface area contributed by atoms with Crippen LogP contribution >= 0.6 is 0 Å². The fourth-order valence-electron chi connectivity index (χ4n) is 1.84. The first-order valence-corrected chi connectivity index (χ1v) is 8.98. The van der Waals surface area contributed by atoms with Gasteiger partial charge in [0, 0.05) is 24.1 Å². The Morgan fingerprint density at radius 2 is 1.61 bits per heavy atom. The Morgan fingerprint density at radius 1 is 1.04 bits per heavy atom. The Balaban J connectivity index is 0. The van der Waals surface area contributed by atoms with Crippen LogP contribution < -0.4 is 0 Å². The maximum Gasteiger partial charge on any atom is 0.0484 e. The highest BCUT2D eigenvalue weighted by Crippen LogP contribution is 2.22. The molecule has 130 valence electrons. The van der Waals surface area contributed by atoms with Crippen molar-refractivity contribution >= 4 is 17.0 Å². The number of unbranched alkanes of at least 4 members (excludes halogenated alkanes) is 1. The lowest BCUT2D eigenvalue weighted by atomic mass is 10.1. The van der Waals surface area contributed by atoms with Crippen LogP contribution in [0.3, 0.4) is 0 Å². The van der Waals surface area contributed by atoms with E-state index in [0.717, 1.165) is 0 Å². The van der Waals surface area contributed by atoms with Crippen molar-refractivity contribution in [3.05, 3.63) is 54.3 Å². The number of aromatic nitrogens is 1. The van der Waals surface area contributed by atoms with E-state index < -0.39 is 0 Å². The molecular formula is C22H37N. The summed E-state index contributed by atoms with van der Waals surface area (Å²) in [5.41, 5.74) is 3.81. The van der Waals surface area contributed by atoms with Gasteiger partial charge in [-0.1, -0.05) is 90.8 Å². The summed E-state index contributed by atoms with van der Waals surface area (Å²) >= 11 is 0. The number of nitrogens with zero attached hydrogens (tertiary/aromatic N) is 1. The van der Waals surface area contributed by atoms with Crippen LogP contribution in [-0.2, 0) is 7.05 Å². The lowest BCUT2D eigenvalue weighted by Crippen LogP contribution is -1.82. The highest BCUT2D eigenvalue weighted by atomic mass is 14.9. The van der Waals surface area contributed by atoms with E-state index in [2.05, 4.69) is 69.4 Å². The van der Waals surface area contributed by atoms with Gasteiger partial charge in [0.05, 0.1) is 0 Å².